The van der Waals surface area contributed by atoms with Crippen LogP contribution in [0.25, 0.3) is 0 Å². The van der Waals surface area contributed by atoms with Gasteiger partial charge in [0.1, 0.15) is 0 Å². The number of piperazine rings is 1. The highest BCUT2D eigenvalue weighted by Gasteiger charge is 2.15. The molecule has 0 aromatic heterocycles. The van der Waals surface area contributed by atoms with Gasteiger partial charge in [0, 0.05) is 32.7 Å². The first-order chi connectivity index (χ1) is 4.84. The Bertz CT molecular complexity index is 112. The van der Waals surface area contributed by atoms with Gasteiger partial charge in [-0.05, 0) is 6.42 Å². The van der Waals surface area contributed by atoms with Gasteiger partial charge in [0.05, 0.1) is 0 Å². The number of nitrogens with one attached hydrogen (secondary N) is 1. The molecule has 1 unspecified atom stereocenters. The molecule has 0 aromatic carbocycles. The minimum atomic E-state index is 0.561. The molecular weight excluding hydrogens is 124 g/mol. The second-order valence-corrected chi connectivity index (χ2v) is 2.69. The molecule has 0 aliphatic carbocycles. The summed E-state index contributed by atoms with van der Waals surface area (Å²) in [5.74, 6) is 0. The Morgan fingerprint density at radius 3 is 3.10 bits per heavy atom. The maximum Gasteiger partial charge on any atom is 0.0256 e. The van der Waals surface area contributed by atoms with E-state index in [1.54, 1.807) is 0 Å². The van der Waals surface area contributed by atoms with Crippen molar-refractivity contribution < 1.29 is 0 Å². The molecule has 0 saturated carbocycles. The number of nitrogens with zero attached hydrogens (tertiary/aromatic N) is 1. The molecule has 0 amide bonds. The molecule has 1 N–H and O–H groups in total. The van der Waals surface area contributed by atoms with Gasteiger partial charge in [-0.25, -0.2) is 0 Å². The first kappa shape index (κ1) is 7.76. The van der Waals surface area contributed by atoms with E-state index >= 15 is 0 Å². The van der Waals surface area contributed by atoms with E-state index < -0.39 is 0 Å². The van der Waals surface area contributed by atoms with Crippen LogP contribution in [-0.4, -0.2) is 30.6 Å². The molecule has 2 heteroatoms. The summed E-state index contributed by atoms with van der Waals surface area (Å²) in [5, 5.41) is 3.32. The summed E-state index contributed by atoms with van der Waals surface area (Å²) in [4.78, 5) is 2.14. The zero-order chi connectivity index (χ0) is 7.40. The lowest BCUT2D eigenvalue weighted by molar-refractivity contribution is 0.226. The Balaban J connectivity index is 2.32. The Labute approximate surface area is 62.9 Å². The topological polar surface area (TPSA) is 15.3 Å². The fourth-order valence-electron chi connectivity index (χ4n) is 1.23. The zero-order valence-corrected chi connectivity index (χ0v) is 6.34. The van der Waals surface area contributed by atoms with Crippen LogP contribution in [-0.2, 0) is 0 Å². The van der Waals surface area contributed by atoms with Crippen molar-refractivity contribution in [1.29, 1.82) is 0 Å². The van der Waals surface area contributed by atoms with Crippen LogP contribution in [0.1, 0.15) is 6.42 Å². The van der Waals surface area contributed by atoms with Gasteiger partial charge in [-0.3, -0.25) is 4.90 Å². The van der Waals surface area contributed by atoms with Gasteiger partial charge >= 0.3 is 0 Å². The van der Waals surface area contributed by atoms with Gasteiger partial charge in [-0.1, -0.05) is 6.08 Å². The van der Waals surface area contributed by atoms with Crippen molar-refractivity contribution in [2.75, 3.05) is 19.6 Å². The first-order valence-corrected chi connectivity index (χ1v) is 3.73. The maximum atomic E-state index is 3.94. The Hall–Kier alpha value is -0.340. The summed E-state index contributed by atoms with van der Waals surface area (Å²) in [6.07, 6.45) is 2.99. The van der Waals surface area contributed by atoms with Crippen molar-refractivity contribution in [3.05, 3.63) is 19.7 Å². The minimum absolute atomic E-state index is 0.561. The molecular formula is C8H15N2. The molecule has 1 aliphatic rings. The highest BCUT2D eigenvalue weighted by Crippen LogP contribution is 2.04. The maximum absolute atomic E-state index is 3.94. The van der Waals surface area contributed by atoms with Gasteiger partial charge in [-0.15, -0.1) is 6.58 Å². The molecule has 1 heterocycles. The molecule has 0 spiro atoms. The van der Waals surface area contributed by atoms with Crippen LogP contribution in [0, 0.1) is 7.05 Å². The Morgan fingerprint density at radius 1 is 1.70 bits per heavy atom. The van der Waals surface area contributed by atoms with Crippen molar-refractivity contribution in [1.82, 2.24) is 10.2 Å². The van der Waals surface area contributed by atoms with E-state index in [4.69, 9.17) is 0 Å². The number of rotatable bonds is 2. The number of hydrogen-bond donors (Lipinski definition) is 1. The number of hydrogen-bond acceptors (Lipinski definition) is 2. The van der Waals surface area contributed by atoms with E-state index in [2.05, 4.69) is 23.8 Å². The van der Waals surface area contributed by atoms with Gasteiger partial charge in [0.25, 0.3) is 0 Å². The molecule has 10 heavy (non-hydrogen) atoms. The summed E-state index contributed by atoms with van der Waals surface area (Å²) in [5.41, 5.74) is 0. The van der Waals surface area contributed by atoms with Crippen LogP contribution in [0.3, 0.4) is 0 Å². The minimum Gasteiger partial charge on any atom is -0.314 e. The average molecular weight is 139 g/mol. The van der Waals surface area contributed by atoms with Crippen molar-refractivity contribution >= 4 is 0 Å². The van der Waals surface area contributed by atoms with Gasteiger partial charge in [0.2, 0.25) is 0 Å². The van der Waals surface area contributed by atoms with Gasteiger partial charge < -0.3 is 5.32 Å². The Kier molecular flexibility index (Phi) is 2.90. The fraction of sp³-hybridized carbons (Fsp3) is 0.625. The lowest BCUT2D eigenvalue weighted by Gasteiger charge is -2.31. The smallest absolute Gasteiger partial charge is 0.0256 e. The van der Waals surface area contributed by atoms with E-state index in [0.717, 1.165) is 26.1 Å². The van der Waals surface area contributed by atoms with E-state index in [0.29, 0.717) is 6.04 Å². The summed E-state index contributed by atoms with van der Waals surface area (Å²) in [6.45, 7) is 6.88. The SMILES string of the molecule is [CH2]N1CCNCC1CC=C. The molecule has 1 radical (unpaired) electrons. The monoisotopic (exact) mass is 139 g/mol. The van der Waals surface area contributed by atoms with Crippen molar-refractivity contribution in [2.24, 2.45) is 0 Å². The van der Waals surface area contributed by atoms with Crippen LogP contribution >= 0.6 is 0 Å². The predicted octanol–water partition coefficient (Wildman–Crippen LogP) is 0.628. The van der Waals surface area contributed by atoms with Gasteiger partial charge in [-0.2, -0.15) is 0 Å². The lowest BCUT2D eigenvalue weighted by Crippen LogP contribution is -2.47. The lowest BCUT2D eigenvalue weighted by atomic mass is 10.1. The molecule has 1 aliphatic heterocycles. The second-order valence-electron chi connectivity index (χ2n) is 2.69. The van der Waals surface area contributed by atoms with Crippen molar-refractivity contribution in [3.63, 3.8) is 0 Å². The van der Waals surface area contributed by atoms with Crippen LogP contribution < -0.4 is 5.32 Å². The van der Waals surface area contributed by atoms with Crippen molar-refractivity contribution in [3.8, 4) is 0 Å². The van der Waals surface area contributed by atoms with Crippen LogP contribution in [0.5, 0.6) is 0 Å². The molecule has 1 saturated heterocycles. The van der Waals surface area contributed by atoms with Crippen LogP contribution in [0.4, 0.5) is 0 Å². The third-order valence-electron chi connectivity index (χ3n) is 1.91. The van der Waals surface area contributed by atoms with E-state index in [9.17, 15) is 0 Å². The summed E-state index contributed by atoms with van der Waals surface area (Å²) >= 11 is 0. The van der Waals surface area contributed by atoms with E-state index in [1.165, 1.54) is 0 Å². The van der Waals surface area contributed by atoms with Crippen LogP contribution in [0.2, 0.25) is 0 Å². The van der Waals surface area contributed by atoms with Crippen molar-refractivity contribution in [2.45, 2.75) is 12.5 Å². The standard InChI is InChI=1S/C8H15N2/c1-3-4-8-7-9-5-6-10(8)2/h3,8-9H,1-2,4-7H2. The van der Waals surface area contributed by atoms with E-state index in [1.807, 2.05) is 6.08 Å². The fourth-order valence-corrected chi connectivity index (χ4v) is 1.23. The third kappa shape index (κ3) is 1.82. The average Bonchev–Trinajstić information content (AvgIpc) is 1.94. The normalized spacial score (nSPS) is 28.3. The predicted molar refractivity (Wildman–Crippen MR) is 43.5 cm³/mol. The third-order valence-corrected chi connectivity index (χ3v) is 1.91. The molecule has 0 bridgehead atoms. The highest BCUT2D eigenvalue weighted by atomic mass is 15.2. The summed E-state index contributed by atoms with van der Waals surface area (Å²) in [7, 11) is 3.94. The first-order valence-electron chi connectivity index (χ1n) is 3.73. The molecule has 1 fully saturated rings. The van der Waals surface area contributed by atoms with Crippen LogP contribution in [0.15, 0.2) is 12.7 Å². The van der Waals surface area contributed by atoms with E-state index in [-0.39, 0.29) is 0 Å². The highest BCUT2D eigenvalue weighted by molar-refractivity contribution is 4.85. The largest absolute Gasteiger partial charge is 0.314 e. The molecule has 1 atom stereocenters. The summed E-state index contributed by atoms with van der Waals surface area (Å²) < 4.78 is 0. The molecule has 2 nitrogen and oxygen atoms in total. The molecule has 0 aromatic rings. The second kappa shape index (κ2) is 3.74. The van der Waals surface area contributed by atoms with Gasteiger partial charge in [0.15, 0.2) is 0 Å². The summed E-state index contributed by atoms with van der Waals surface area (Å²) in [6, 6.07) is 0.561. The quantitative estimate of drug-likeness (QED) is 0.564. The Morgan fingerprint density at radius 2 is 2.50 bits per heavy atom. The zero-order valence-electron chi connectivity index (χ0n) is 6.34. The molecule has 1 rings (SSSR count). The molecule has 57 valence electrons.